The number of hydrogen-bond donors (Lipinski definition) is 1. The van der Waals surface area contributed by atoms with Crippen LogP contribution in [0, 0.1) is 19.8 Å². The van der Waals surface area contributed by atoms with Crippen LogP contribution < -0.4 is 10.1 Å². The van der Waals surface area contributed by atoms with Crippen LogP contribution in [0.5, 0.6) is 5.75 Å². The molecule has 2 aromatic carbocycles. The van der Waals surface area contributed by atoms with Gasteiger partial charge in [0, 0.05) is 6.61 Å². The Morgan fingerprint density at radius 3 is 2.63 bits per heavy atom. The Bertz CT molecular complexity index is 1000. The van der Waals surface area contributed by atoms with Crippen LogP contribution in [0.25, 0.3) is 6.08 Å². The molecule has 35 heavy (non-hydrogen) atoms. The summed E-state index contributed by atoms with van der Waals surface area (Å²) in [6, 6.07) is 11.7. The average Bonchev–Trinajstić information content (AvgIpc) is 2.88. The number of aryl methyl sites for hydroxylation is 2. The number of nitrogens with one attached hydrogen (secondary N) is 1. The molecule has 1 heterocycles. The summed E-state index contributed by atoms with van der Waals surface area (Å²) in [6.45, 7) is 9.52. The molecular formula is C29H37NO5. The van der Waals surface area contributed by atoms with Gasteiger partial charge in [-0.1, -0.05) is 30.9 Å². The van der Waals surface area contributed by atoms with Crippen LogP contribution in [0.15, 0.2) is 43.0 Å². The highest BCUT2D eigenvalue weighted by Gasteiger charge is 2.24. The van der Waals surface area contributed by atoms with Crippen LogP contribution >= 0.6 is 0 Å². The minimum absolute atomic E-state index is 0.0619. The van der Waals surface area contributed by atoms with Crippen LogP contribution in [0.2, 0.25) is 0 Å². The van der Waals surface area contributed by atoms with Gasteiger partial charge in [-0.2, -0.15) is 0 Å². The number of esters is 1. The lowest BCUT2D eigenvalue weighted by molar-refractivity contribution is -0.129. The number of ether oxygens (including phenoxy) is 3. The molecule has 6 heteroatoms. The minimum atomic E-state index is -0.351. The van der Waals surface area contributed by atoms with Crippen molar-refractivity contribution in [3.8, 4) is 5.75 Å². The molecule has 1 fully saturated rings. The Balaban J connectivity index is 1.58. The second-order valence-corrected chi connectivity index (χ2v) is 9.12. The molecule has 0 saturated carbocycles. The average molecular weight is 480 g/mol. The van der Waals surface area contributed by atoms with Crippen molar-refractivity contribution in [2.75, 3.05) is 26.9 Å². The van der Waals surface area contributed by atoms with Gasteiger partial charge in [0.1, 0.15) is 5.75 Å². The molecule has 2 aromatic rings. The summed E-state index contributed by atoms with van der Waals surface area (Å²) < 4.78 is 16.4. The van der Waals surface area contributed by atoms with Gasteiger partial charge >= 0.3 is 5.97 Å². The fourth-order valence-electron chi connectivity index (χ4n) is 4.50. The molecule has 1 saturated heterocycles. The maximum absolute atomic E-state index is 12.9. The van der Waals surface area contributed by atoms with Gasteiger partial charge in [-0.15, -0.1) is 0 Å². The van der Waals surface area contributed by atoms with E-state index in [0.29, 0.717) is 18.8 Å². The quantitative estimate of drug-likeness (QED) is 0.337. The van der Waals surface area contributed by atoms with E-state index in [1.807, 2.05) is 32.1 Å². The van der Waals surface area contributed by atoms with E-state index in [4.69, 9.17) is 14.2 Å². The number of rotatable bonds is 11. The molecule has 2 unspecified atom stereocenters. The van der Waals surface area contributed by atoms with E-state index in [9.17, 15) is 9.59 Å². The van der Waals surface area contributed by atoms with Crippen molar-refractivity contribution in [2.45, 2.75) is 52.0 Å². The summed E-state index contributed by atoms with van der Waals surface area (Å²) in [4.78, 5) is 24.7. The Labute approximate surface area is 208 Å². The molecule has 0 aliphatic carbocycles. The van der Waals surface area contributed by atoms with E-state index < -0.39 is 0 Å². The third kappa shape index (κ3) is 7.43. The fourth-order valence-corrected chi connectivity index (χ4v) is 4.50. The number of hydrogen-bond acceptors (Lipinski definition) is 5. The monoisotopic (exact) mass is 479 g/mol. The maximum Gasteiger partial charge on any atom is 0.337 e. The lowest BCUT2D eigenvalue weighted by Gasteiger charge is -2.26. The lowest BCUT2D eigenvalue weighted by atomic mass is 9.96. The summed E-state index contributed by atoms with van der Waals surface area (Å²) >= 11 is 0. The van der Waals surface area contributed by atoms with Gasteiger partial charge in [0.05, 0.1) is 37.8 Å². The first-order valence-electron chi connectivity index (χ1n) is 12.4. The first-order valence-corrected chi connectivity index (χ1v) is 12.4. The molecule has 1 aliphatic heterocycles. The van der Waals surface area contributed by atoms with E-state index in [1.54, 1.807) is 12.1 Å². The van der Waals surface area contributed by atoms with Crippen molar-refractivity contribution in [3.63, 3.8) is 0 Å². The van der Waals surface area contributed by atoms with Gasteiger partial charge in [0.15, 0.2) is 0 Å². The zero-order valence-electron chi connectivity index (χ0n) is 21.1. The molecule has 1 N–H and O–H groups in total. The highest BCUT2D eigenvalue weighted by atomic mass is 16.5. The molecule has 1 amide bonds. The van der Waals surface area contributed by atoms with Crippen LogP contribution in [0.3, 0.4) is 0 Å². The van der Waals surface area contributed by atoms with E-state index in [1.165, 1.54) is 7.11 Å². The number of carbonyl (C=O) groups excluding carboxylic acids is 2. The summed E-state index contributed by atoms with van der Waals surface area (Å²) in [5.41, 5.74) is 4.46. The first-order chi connectivity index (χ1) is 16.9. The molecule has 0 spiro atoms. The van der Waals surface area contributed by atoms with Crippen LogP contribution in [0.4, 0.5) is 0 Å². The van der Waals surface area contributed by atoms with E-state index >= 15 is 0 Å². The standard InChI is InChI=1S/C29H37NO5/c1-5-22-10-8-11-23(18-22)26(30-28(31)24-12-9-14-34-19-24)13-6-7-15-35-27-20(2)16-25(17-21(27)3)29(32)33-4/h5,8,10-11,16-18,24,26H,1,6-7,9,12-15,19H2,2-4H3,(H,30,31). The largest absolute Gasteiger partial charge is 0.493 e. The van der Waals surface area contributed by atoms with Gasteiger partial charge in [-0.05, 0) is 86.4 Å². The zero-order chi connectivity index (χ0) is 25.2. The molecule has 3 rings (SSSR count). The third-order valence-corrected chi connectivity index (χ3v) is 6.41. The van der Waals surface area contributed by atoms with Crippen molar-refractivity contribution in [2.24, 2.45) is 5.92 Å². The van der Waals surface area contributed by atoms with Crippen LogP contribution in [-0.4, -0.2) is 38.8 Å². The zero-order valence-corrected chi connectivity index (χ0v) is 21.1. The second kappa shape index (κ2) is 13.1. The van der Waals surface area contributed by atoms with Crippen molar-refractivity contribution < 1.29 is 23.8 Å². The molecule has 6 nitrogen and oxygen atoms in total. The highest BCUT2D eigenvalue weighted by Crippen LogP contribution is 2.27. The summed E-state index contributed by atoms with van der Waals surface area (Å²) in [7, 11) is 1.38. The van der Waals surface area contributed by atoms with Gasteiger partial charge < -0.3 is 19.5 Å². The predicted octanol–water partition coefficient (Wildman–Crippen LogP) is 5.57. The normalized spacial score (nSPS) is 16.3. The third-order valence-electron chi connectivity index (χ3n) is 6.41. The fraction of sp³-hybridized carbons (Fsp3) is 0.448. The lowest BCUT2D eigenvalue weighted by Crippen LogP contribution is -2.37. The number of amides is 1. The molecule has 0 aromatic heterocycles. The van der Waals surface area contributed by atoms with E-state index in [2.05, 4.69) is 24.0 Å². The molecular weight excluding hydrogens is 442 g/mol. The molecule has 0 bridgehead atoms. The minimum Gasteiger partial charge on any atom is -0.493 e. The number of benzene rings is 2. The smallest absolute Gasteiger partial charge is 0.337 e. The highest BCUT2D eigenvalue weighted by molar-refractivity contribution is 5.90. The Morgan fingerprint density at radius 2 is 1.97 bits per heavy atom. The Hall–Kier alpha value is -3.12. The van der Waals surface area contributed by atoms with Crippen molar-refractivity contribution in [1.82, 2.24) is 5.32 Å². The summed E-state index contributed by atoms with van der Waals surface area (Å²) in [5.74, 6) is 0.428. The molecule has 0 radical (unpaired) electrons. The first kappa shape index (κ1) is 26.5. The number of unbranched alkanes of at least 4 members (excludes halogenated alkanes) is 1. The summed E-state index contributed by atoms with van der Waals surface area (Å²) in [5, 5.41) is 3.27. The molecule has 1 aliphatic rings. The SMILES string of the molecule is C=Cc1cccc(C(CCCCOc2c(C)cc(C(=O)OC)cc2C)NC(=O)C2CCCOC2)c1. The topological polar surface area (TPSA) is 73.9 Å². The van der Waals surface area contributed by atoms with Gasteiger partial charge in [-0.3, -0.25) is 4.79 Å². The number of methoxy groups -OCH3 is 1. The predicted molar refractivity (Wildman–Crippen MR) is 138 cm³/mol. The summed E-state index contributed by atoms with van der Waals surface area (Å²) in [6.07, 6.45) is 6.16. The van der Waals surface area contributed by atoms with Gasteiger partial charge in [0.25, 0.3) is 0 Å². The van der Waals surface area contributed by atoms with Crippen molar-refractivity contribution in [1.29, 1.82) is 0 Å². The van der Waals surface area contributed by atoms with Gasteiger partial charge in [-0.25, -0.2) is 4.79 Å². The van der Waals surface area contributed by atoms with E-state index in [-0.39, 0.29) is 23.8 Å². The number of carbonyl (C=O) groups is 2. The second-order valence-electron chi connectivity index (χ2n) is 9.12. The Morgan fingerprint density at radius 1 is 1.20 bits per heavy atom. The van der Waals surface area contributed by atoms with Crippen molar-refractivity contribution >= 4 is 18.0 Å². The van der Waals surface area contributed by atoms with Crippen molar-refractivity contribution in [3.05, 3.63) is 70.8 Å². The van der Waals surface area contributed by atoms with Gasteiger partial charge in [0.2, 0.25) is 5.91 Å². The van der Waals surface area contributed by atoms with E-state index in [0.717, 1.165) is 66.7 Å². The Kier molecular flexibility index (Phi) is 9.91. The molecule has 188 valence electrons. The molecule has 2 atom stereocenters. The van der Waals surface area contributed by atoms with Crippen LogP contribution in [-0.2, 0) is 14.3 Å². The van der Waals surface area contributed by atoms with Crippen LogP contribution in [0.1, 0.15) is 70.8 Å². The maximum atomic E-state index is 12.9.